The lowest BCUT2D eigenvalue weighted by molar-refractivity contribution is -0.139. The van der Waals surface area contributed by atoms with Gasteiger partial charge in [0.2, 0.25) is 0 Å². The van der Waals surface area contributed by atoms with Gasteiger partial charge in [-0.25, -0.2) is 5.43 Å². The molecule has 0 aliphatic heterocycles. The van der Waals surface area contributed by atoms with Crippen molar-refractivity contribution in [3.63, 3.8) is 0 Å². The molecule has 0 saturated carbocycles. The van der Waals surface area contributed by atoms with E-state index in [9.17, 15) is 9.59 Å². The van der Waals surface area contributed by atoms with Crippen molar-refractivity contribution in [2.24, 2.45) is 5.10 Å². The Morgan fingerprint density at radius 1 is 0.966 bits per heavy atom. The second-order valence-corrected chi connectivity index (χ2v) is 6.09. The number of ether oxygens (including phenoxy) is 1. The fourth-order valence-corrected chi connectivity index (χ4v) is 2.41. The van der Waals surface area contributed by atoms with Crippen LogP contribution >= 0.6 is 0 Å². The molecule has 2 N–H and O–H groups in total. The van der Waals surface area contributed by atoms with Crippen LogP contribution in [0.1, 0.15) is 16.7 Å². The molecule has 3 aromatic rings. The van der Waals surface area contributed by atoms with Crippen LogP contribution < -0.4 is 15.5 Å². The zero-order valence-corrected chi connectivity index (χ0v) is 15.6. The first-order valence-electron chi connectivity index (χ1n) is 8.97. The number of pyridine rings is 1. The van der Waals surface area contributed by atoms with Crippen LogP contribution in [0.25, 0.3) is 0 Å². The predicted molar refractivity (Wildman–Crippen MR) is 109 cm³/mol. The summed E-state index contributed by atoms with van der Waals surface area (Å²) in [4.78, 5) is 27.5. The maximum atomic E-state index is 11.8. The van der Waals surface area contributed by atoms with E-state index >= 15 is 0 Å². The fourth-order valence-electron chi connectivity index (χ4n) is 2.41. The van der Waals surface area contributed by atoms with E-state index in [1.54, 1.807) is 30.6 Å². The highest BCUT2D eigenvalue weighted by atomic mass is 16.5. The summed E-state index contributed by atoms with van der Waals surface area (Å²) in [5, 5.41) is 6.33. The number of nitrogens with one attached hydrogen (secondary N) is 2. The van der Waals surface area contributed by atoms with Gasteiger partial charge in [0.05, 0.1) is 6.21 Å². The van der Waals surface area contributed by atoms with Crippen molar-refractivity contribution in [2.45, 2.75) is 13.2 Å². The second kappa shape index (κ2) is 10.4. The van der Waals surface area contributed by atoms with E-state index in [4.69, 9.17) is 4.74 Å². The number of aromatic nitrogens is 1. The van der Waals surface area contributed by atoms with E-state index in [1.807, 2.05) is 48.5 Å². The van der Waals surface area contributed by atoms with Crippen molar-refractivity contribution in [2.75, 3.05) is 0 Å². The summed E-state index contributed by atoms with van der Waals surface area (Å²) in [7, 11) is 0. The van der Waals surface area contributed by atoms with Gasteiger partial charge < -0.3 is 10.1 Å². The highest BCUT2D eigenvalue weighted by molar-refractivity contribution is 6.35. The Labute approximate surface area is 168 Å². The summed E-state index contributed by atoms with van der Waals surface area (Å²) in [6.45, 7) is 0.667. The van der Waals surface area contributed by atoms with Crippen LogP contribution in [0.4, 0.5) is 0 Å². The summed E-state index contributed by atoms with van der Waals surface area (Å²) in [5.74, 6) is -0.939. The third-order valence-electron chi connectivity index (χ3n) is 3.87. The van der Waals surface area contributed by atoms with E-state index < -0.39 is 11.8 Å². The van der Waals surface area contributed by atoms with Gasteiger partial charge in [-0.2, -0.15) is 5.10 Å². The minimum absolute atomic E-state index is 0.213. The monoisotopic (exact) mass is 388 g/mol. The van der Waals surface area contributed by atoms with Crippen LogP contribution in [0.3, 0.4) is 0 Å². The number of benzene rings is 2. The highest BCUT2D eigenvalue weighted by Gasteiger charge is 2.11. The molecular formula is C22H20N4O3. The molecule has 1 heterocycles. The van der Waals surface area contributed by atoms with Crippen molar-refractivity contribution in [3.05, 3.63) is 95.8 Å². The first-order valence-corrected chi connectivity index (χ1v) is 8.97. The molecular weight excluding hydrogens is 368 g/mol. The molecule has 0 aliphatic rings. The lowest BCUT2D eigenvalue weighted by Gasteiger charge is -2.06. The fraction of sp³-hybridized carbons (Fsp3) is 0.0909. The highest BCUT2D eigenvalue weighted by Crippen LogP contribution is 2.14. The molecule has 0 unspecified atom stereocenters. The molecule has 0 bridgehead atoms. The lowest BCUT2D eigenvalue weighted by atomic mass is 10.2. The number of carbonyl (C=O) groups is 2. The molecule has 0 fully saturated rings. The molecule has 7 nitrogen and oxygen atoms in total. The summed E-state index contributed by atoms with van der Waals surface area (Å²) in [6.07, 6.45) is 4.69. The first-order chi connectivity index (χ1) is 14.2. The van der Waals surface area contributed by atoms with Crippen molar-refractivity contribution in [3.8, 4) is 5.75 Å². The average molecular weight is 388 g/mol. The Morgan fingerprint density at radius 2 is 1.79 bits per heavy atom. The Kier molecular flexibility index (Phi) is 7.06. The molecule has 146 valence electrons. The maximum Gasteiger partial charge on any atom is 0.329 e. The van der Waals surface area contributed by atoms with Gasteiger partial charge in [-0.05, 0) is 34.9 Å². The van der Waals surface area contributed by atoms with Crippen molar-refractivity contribution < 1.29 is 14.3 Å². The zero-order valence-electron chi connectivity index (χ0n) is 15.6. The molecule has 0 saturated heterocycles. The second-order valence-electron chi connectivity index (χ2n) is 6.09. The van der Waals surface area contributed by atoms with E-state index in [2.05, 4.69) is 20.8 Å². The molecule has 29 heavy (non-hydrogen) atoms. The third-order valence-corrected chi connectivity index (χ3v) is 3.87. The standard InChI is InChI=1S/C22H20N4O3/c27-21(24-14-19-9-5-11-23-13-19)22(28)26-25-15-18-8-4-10-20(12-18)29-16-17-6-2-1-3-7-17/h1-13,15H,14,16H2,(H,24,27)(H,26,28). The largest absolute Gasteiger partial charge is 0.489 e. The van der Waals surface area contributed by atoms with Gasteiger partial charge in [0.1, 0.15) is 12.4 Å². The molecule has 3 rings (SSSR count). The Hall–Kier alpha value is -4.00. The minimum atomic E-state index is -0.846. The number of nitrogens with zero attached hydrogens (tertiary/aromatic N) is 2. The summed E-state index contributed by atoms with van der Waals surface area (Å²) >= 11 is 0. The van der Waals surface area contributed by atoms with Crippen LogP contribution in [0.5, 0.6) is 5.75 Å². The minimum Gasteiger partial charge on any atom is -0.489 e. The number of amides is 2. The number of hydrogen-bond donors (Lipinski definition) is 2. The van der Waals surface area contributed by atoms with Crippen LogP contribution in [0, 0.1) is 0 Å². The van der Waals surface area contributed by atoms with E-state index in [1.165, 1.54) is 6.21 Å². The molecule has 0 atom stereocenters. The number of rotatable bonds is 7. The summed E-state index contributed by atoms with van der Waals surface area (Å²) in [6, 6.07) is 20.7. The van der Waals surface area contributed by atoms with Gasteiger partial charge in [-0.3, -0.25) is 14.6 Å². The number of carbonyl (C=O) groups excluding carboxylic acids is 2. The summed E-state index contributed by atoms with van der Waals surface area (Å²) in [5.41, 5.74) is 4.80. The maximum absolute atomic E-state index is 11.8. The third kappa shape index (κ3) is 6.59. The van der Waals surface area contributed by atoms with E-state index in [-0.39, 0.29) is 6.54 Å². The van der Waals surface area contributed by atoms with Crippen molar-refractivity contribution in [1.82, 2.24) is 15.7 Å². The Balaban J connectivity index is 1.46. The van der Waals surface area contributed by atoms with E-state index in [0.717, 1.165) is 16.7 Å². The normalized spacial score (nSPS) is 10.5. The molecule has 1 aromatic heterocycles. The van der Waals surface area contributed by atoms with Gasteiger partial charge in [0.25, 0.3) is 0 Å². The van der Waals surface area contributed by atoms with Crippen LogP contribution in [0.15, 0.2) is 84.2 Å². The Bertz CT molecular complexity index is 976. The van der Waals surface area contributed by atoms with Crippen LogP contribution in [-0.2, 0) is 22.7 Å². The molecule has 0 spiro atoms. The van der Waals surface area contributed by atoms with Crippen LogP contribution in [-0.4, -0.2) is 23.0 Å². The predicted octanol–water partition coefficient (Wildman–Crippen LogP) is 2.43. The molecule has 2 amide bonds. The Morgan fingerprint density at radius 3 is 2.59 bits per heavy atom. The number of hydrogen-bond acceptors (Lipinski definition) is 5. The van der Waals surface area contributed by atoms with Crippen LogP contribution in [0.2, 0.25) is 0 Å². The number of hydrazone groups is 1. The molecule has 7 heteroatoms. The summed E-state index contributed by atoms with van der Waals surface area (Å²) < 4.78 is 5.75. The molecule has 0 radical (unpaired) electrons. The smallest absolute Gasteiger partial charge is 0.329 e. The molecule has 0 aliphatic carbocycles. The van der Waals surface area contributed by atoms with Crippen molar-refractivity contribution >= 4 is 18.0 Å². The van der Waals surface area contributed by atoms with Gasteiger partial charge in [0, 0.05) is 18.9 Å². The quantitative estimate of drug-likeness (QED) is 0.369. The van der Waals surface area contributed by atoms with Gasteiger partial charge >= 0.3 is 11.8 Å². The van der Waals surface area contributed by atoms with Gasteiger partial charge in [0.15, 0.2) is 0 Å². The van der Waals surface area contributed by atoms with E-state index in [0.29, 0.717) is 12.4 Å². The lowest BCUT2D eigenvalue weighted by Crippen LogP contribution is -2.37. The zero-order chi connectivity index (χ0) is 20.3. The first kappa shape index (κ1) is 19.8. The van der Waals surface area contributed by atoms with Crippen molar-refractivity contribution in [1.29, 1.82) is 0 Å². The SMILES string of the molecule is O=C(NCc1cccnc1)C(=O)NN=Cc1cccc(OCc2ccccc2)c1. The van der Waals surface area contributed by atoms with Gasteiger partial charge in [-0.1, -0.05) is 48.5 Å². The van der Waals surface area contributed by atoms with Gasteiger partial charge in [-0.15, -0.1) is 0 Å². The average Bonchev–Trinajstić information content (AvgIpc) is 2.77. The topological polar surface area (TPSA) is 92.7 Å². The molecule has 2 aromatic carbocycles.